The highest BCUT2D eigenvalue weighted by molar-refractivity contribution is 5.56. The van der Waals surface area contributed by atoms with Gasteiger partial charge in [-0.2, -0.15) is 13.2 Å². The summed E-state index contributed by atoms with van der Waals surface area (Å²) in [5.74, 6) is 0. The van der Waals surface area contributed by atoms with Crippen molar-refractivity contribution in [3.05, 3.63) is 29.3 Å². The van der Waals surface area contributed by atoms with E-state index in [0.29, 0.717) is 37.3 Å². The molecule has 1 fully saturated rings. The summed E-state index contributed by atoms with van der Waals surface area (Å²) in [5, 5.41) is 0. The second kappa shape index (κ2) is 7.16. The van der Waals surface area contributed by atoms with Crippen LogP contribution in [-0.4, -0.2) is 19.6 Å². The first-order chi connectivity index (χ1) is 10.0. The van der Waals surface area contributed by atoms with E-state index >= 15 is 0 Å². The van der Waals surface area contributed by atoms with Gasteiger partial charge in [0, 0.05) is 18.8 Å². The topological polar surface area (TPSA) is 29.3 Å². The molecule has 2 rings (SSSR count). The monoisotopic (exact) mass is 300 g/mol. The van der Waals surface area contributed by atoms with Gasteiger partial charge in [0.25, 0.3) is 0 Å². The van der Waals surface area contributed by atoms with Crippen molar-refractivity contribution in [2.45, 2.75) is 44.7 Å². The average Bonchev–Trinajstić information content (AvgIpc) is 2.38. The third kappa shape index (κ3) is 4.37. The van der Waals surface area contributed by atoms with E-state index in [1.54, 1.807) is 12.1 Å². The van der Waals surface area contributed by atoms with Crippen LogP contribution < -0.4 is 10.6 Å². The number of alkyl halides is 3. The highest BCUT2D eigenvalue weighted by Crippen LogP contribution is 2.38. The Morgan fingerprint density at radius 2 is 1.62 bits per heavy atom. The Balaban J connectivity index is 2.31. The number of anilines is 1. The standard InChI is InChI=1S/C16H23F3N2/c17-16(18,19)14-12-13(8-9-20)6-7-15(14)21-10-4-2-1-3-5-11-21/h6-7,12H,1-5,8-11,20H2. The number of nitrogens with zero attached hydrogens (tertiary/aromatic N) is 1. The van der Waals surface area contributed by atoms with Gasteiger partial charge in [0.05, 0.1) is 5.56 Å². The van der Waals surface area contributed by atoms with Crippen molar-refractivity contribution in [2.24, 2.45) is 5.73 Å². The summed E-state index contributed by atoms with van der Waals surface area (Å²) >= 11 is 0. The summed E-state index contributed by atoms with van der Waals surface area (Å²) in [5.41, 5.74) is 5.91. The molecule has 0 saturated carbocycles. The molecule has 1 heterocycles. The van der Waals surface area contributed by atoms with E-state index in [1.807, 2.05) is 4.90 Å². The van der Waals surface area contributed by atoms with Gasteiger partial charge in [-0.05, 0) is 43.5 Å². The van der Waals surface area contributed by atoms with Crippen molar-refractivity contribution in [3.8, 4) is 0 Å². The number of nitrogens with two attached hydrogens (primary N) is 1. The molecule has 5 heteroatoms. The third-order valence-electron chi connectivity index (χ3n) is 4.00. The van der Waals surface area contributed by atoms with E-state index in [9.17, 15) is 13.2 Å². The molecule has 2 N–H and O–H groups in total. The lowest BCUT2D eigenvalue weighted by molar-refractivity contribution is -0.137. The lowest BCUT2D eigenvalue weighted by Crippen LogP contribution is -2.29. The summed E-state index contributed by atoms with van der Waals surface area (Å²) in [6.07, 6.45) is 1.47. The second-order valence-electron chi connectivity index (χ2n) is 5.64. The lowest BCUT2D eigenvalue weighted by Gasteiger charge is -2.29. The minimum atomic E-state index is -4.32. The summed E-state index contributed by atoms with van der Waals surface area (Å²) in [4.78, 5) is 1.90. The fraction of sp³-hybridized carbons (Fsp3) is 0.625. The van der Waals surface area contributed by atoms with Crippen molar-refractivity contribution < 1.29 is 13.2 Å². The first-order valence-corrected chi connectivity index (χ1v) is 7.67. The van der Waals surface area contributed by atoms with Crippen molar-refractivity contribution >= 4 is 5.69 Å². The molecule has 0 unspecified atom stereocenters. The zero-order valence-corrected chi connectivity index (χ0v) is 12.3. The van der Waals surface area contributed by atoms with E-state index in [0.717, 1.165) is 25.7 Å². The Morgan fingerprint density at radius 1 is 1.00 bits per heavy atom. The molecular formula is C16H23F3N2. The van der Waals surface area contributed by atoms with Gasteiger partial charge < -0.3 is 10.6 Å². The number of hydrogen-bond acceptors (Lipinski definition) is 2. The van der Waals surface area contributed by atoms with Gasteiger partial charge in [-0.25, -0.2) is 0 Å². The first-order valence-electron chi connectivity index (χ1n) is 7.67. The molecule has 1 saturated heterocycles. The summed E-state index contributed by atoms with van der Waals surface area (Å²) in [6.45, 7) is 1.78. The molecule has 0 amide bonds. The maximum absolute atomic E-state index is 13.3. The Hall–Kier alpha value is -1.23. The molecule has 0 aliphatic carbocycles. The van der Waals surface area contributed by atoms with Crippen LogP contribution in [0.3, 0.4) is 0 Å². The Kier molecular flexibility index (Phi) is 5.51. The molecule has 0 spiro atoms. The minimum Gasteiger partial charge on any atom is -0.371 e. The van der Waals surface area contributed by atoms with Gasteiger partial charge >= 0.3 is 6.18 Å². The Morgan fingerprint density at radius 3 is 2.19 bits per heavy atom. The zero-order valence-electron chi connectivity index (χ0n) is 12.3. The van der Waals surface area contributed by atoms with Gasteiger partial charge in [0.2, 0.25) is 0 Å². The van der Waals surface area contributed by atoms with Crippen LogP contribution in [-0.2, 0) is 12.6 Å². The summed E-state index contributed by atoms with van der Waals surface area (Å²) in [7, 11) is 0. The molecule has 0 radical (unpaired) electrons. The van der Waals surface area contributed by atoms with Crippen LogP contribution in [0, 0.1) is 0 Å². The van der Waals surface area contributed by atoms with Gasteiger partial charge in [-0.15, -0.1) is 0 Å². The van der Waals surface area contributed by atoms with Crippen LogP contribution in [0.15, 0.2) is 18.2 Å². The van der Waals surface area contributed by atoms with Gasteiger partial charge in [0.15, 0.2) is 0 Å². The molecule has 21 heavy (non-hydrogen) atoms. The number of hydrogen-bond donors (Lipinski definition) is 1. The van der Waals surface area contributed by atoms with E-state index in [1.165, 1.54) is 12.5 Å². The van der Waals surface area contributed by atoms with Crippen LogP contribution in [0.5, 0.6) is 0 Å². The molecule has 2 nitrogen and oxygen atoms in total. The molecule has 0 aromatic heterocycles. The van der Waals surface area contributed by atoms with Crippen LogP contribution in [0.1, 0.15) is 43.2 Å². The maximum Gasteiger partial charge on any atom is 0.418 e. The molecule has 1 aliphatic rings. The smallest absolute Gasteiger partial charge is 0.371 e. The van der Waals surface area contributed by atoms with Crippen LogP contribution in [0.2, 0.25) is 0 Å². The van der Waals surface area contributed by atoms with Gasteiger partial charge in [-0.3, -0.25) is 0 Å². The molecule has 1 aromatic carbocycles. The van der Waals surface area contributed by atoms with E-state index in [2.05, 4.69) is 0 Å². The molecule has 0 atom stereocenters. The highest BCUT2D eigenvalue weighted by Gasteiger charge is 2.35. The van der Waals surface area contributed by atoms with Crippen LogP contribution in [0.25, 0.3) is 0 Å². The van der Waals surface area contributed by atoms with Gasteiger partial charge in [0.1, 0.15) is 0 Å². The van der Waals surface area contributed by atoms with Crippen molar-refractivity contribution in [1.29, 1.82) is 0 Å². The maximum atomic E-state index is 13.3. The van der Waals surface area contributed by atoms with Gasteiger partial charge in [-0.1, -0.05) is 25.3 Å². The fourth-order valence-electron chi connectivity index (χ4n) is 2.90. The number of halogens is 3. The second-order valence-corrected chi connectivity index (χ2v) is 5.64. The highest BCUT2D eigenvalue weighted by atomic mass is 19.4. The zero-order chi connectivity index (χ0) is 15.3. The third-order valence-corrected chi connectivity index (χ3v) is 4.00. The molecular weight excluding hydrogens is 277 g/mol. The van der Waals surface area contributed by atoms with Crippen molar-refractivity contribution in [2.75, 3.05) is 24.5 Å². The number of benzene rings is 1. The molecule has 0 bridgehead atoms. The van der Waals surface area contributed by atoms with Crippen molar-refractivity contribution in [3.63, 3.8) is 0 Å². The summed E-state index contributed by atoms with van der Waals surface area (Å²) < 4.78 is 40.0. The predicted molar refractivity (Wildman–Crippen MR) is 79.5 cm³/mol. The minimum absolute atomic E-state index is 0.324. The van der Waals surface area contributed by atoms with E-state index < -0.39 is 11.7 Å². The lowest BCUT2D eigenvalue weighted by atomic mass is 10.0. The largest absolute Gasteiger partial charge is 0.418 e. The number of rotatable bonds is 3. The normalized spacial score (nSPS) is 17.4. The Bertz CT molecular complexity index is 449. The molecule has 1 aliphatic heterocycles. The van der Waals surface area contributed by atoms with E-state index in [-0.39, 0.29) is 0 Å². The molecule has 1 aromatic rings. The SMILES string of the molecule is NCCc1ccc(N2CCCCCCC2)c(C(F)(F)F)c1. The van der Waals surface area contributed by atoms with Crippen LogP contribution >= 0.6 is 0 Å². The summed E-state index contributed by atoms with van der Waals surface area (Å²) in [6, 6.07) is 4.66. The Labute approximate surface area is 124 Å². The molecule has 118 valence electrons. The van der Waals surface area contributed by atoms with Crippen LogP contribution in [0.4, 0.5) is 18.9 Å². The van der Waals surface area contributed by atoms with Crippen molar-refractivity contribution in [1.82, 2.24) is 0 Å². The predicted octanol–water partition coefficient (Wildman–Crippen LogP) is 3.98. The quantitative estimate of drug-likeness (QED) is 0.915. The average molecular weight is 300 g/mol. The van der Waals surface area contributed by atoms with E-state index in [4.69, 9.17) is 5.73 Å². The first kappa shape index (κ1) is 16.1. The fourth-order valence-corrected chi connectivity index (χ4v) is 2.90.